The largest absolute Gasteiger partial charge is 0.444 e. The average Bonchev–Trinajstić information content (AvgIpc) is 3.03. The number of benzene rings is 1. The minimum atomic E-state index is -1.00. The summed E-state index contributed by atoms with van der Waals surface area (Å²) < 4.78 is 5.42. The molecule has 4 amide bonds. The Bertz CT molecular complexity index is 962. The van der Waals surface area contributed by atoms with Gasteiger partial charge in [0.1, 0.15) is 11.9 Å². The fraction of sp³-hybridized carbons (Fsp3) is 0.522. The molecule has 33 heavy (non-hydrogen) atoms. The summed E-state index contributed by atoms with van der Waals surface area (Å²) in [5, 5.41) is 2.46. The lowest BCUT2D eigenvalue weighted by atomic mass is 10.1. The molecule has 1 atom stereocenters. The highest BCUT2D eigenvalue weighted by Gasteiger charge is 2.40. The Balaban J connectivity index is 1.69. The zero-order chi connectivity index (χ0) is 24.3. The number of hydrogen-bond acceptors (Lipinski definition) is 7. The van der Waals surface area contributed by atoms with Crippen molar-refractivity contribution in [2.75, 3.05) is 38.1 Å². The van der Waals surface area contributed by atoms with Crippen LogP contribution in [0.3, 0.4) is 0 Å². The molecule has 1 fully saturated rings. The van der Waals surface area contributed by atoms with Crippen molar-refractivity contribution < 1.29 is 28.7 Å². The molecule has 0 bridgehead atoms. The Morgan fingerprint density at radius 1 is 1.09 bits per heavy atom. The lowest BCUT2D eigenvalue weighted by molar-refractivity contribution is -0.121. The predicted octanol–water partition coefficient (Wildman–Crippen LogP) is 1.43. The van der Waals surface area contributed by atoms with Crippen LogP contribution in [0, 0.1) is 0 Å². The molecular weight excluding hydrogens is 428 g/mol. The number of amides is 4. The van der Waals surface area contributed by atoms with Crippen LogP contribution in [0.15, 0.2) is 18.2 Å². The summed E-state index contributed by atoms with van der Waals surface area (Å²) >= 11 is 0. The van der Waals surface area contributed by atoms with E-state index < -0.39 is 23.5 Å². The molecule has 10 heteroatoms. The van der Waals surface area contributed by atoms with Gasteiger partial charge in [-0.15, -0.1) is 0 Å². The second kappa shape index (κ2) is 9.60. The maximum absolute atomic E-state index is 13.0. The van der Waals surface area contributed by atoms with Gasteiger partial charge in [-0.3, -0.25) is 19.3 Å². The van der Waals surface area contributed by atoms with E-state index in [0.29, 0.717) is 32.5 Å². The zero-order valence-electron chi connectivity index (χ0n) is 19.4. The van der Waals surface area contributed by atoms with Gasteiger partial charge < -0.3 is 24.6 Å². The third kappa shape index (κ3) is 5.32. The Hall–Kier alpha value is -3.43. The Labute approximate surface area is 192 Å². The molecule has 1 unspecified atom stereocenters. The first-order valence-electron chi connectivity index (χ1n) is 11.0. The first-order valence-corrected chi connectivity index (χ1v) is 11.0. The molecule has 2 aliphatic rings. The highest BCUT2D eigenvalue weighted by molar-refractivity contribution is 6.22. The van der Waals surface area contributed by atoms with Crippen LogP contribution < -0.4 is 10.2 Å². The quantitative estimate of drug-likeness (QED) is 0.506. The van der Waals surface area contributed by atoms with Crippen molar-refractivity contribution >= 4 is 35.8 Å². The number of carbonyl (C=O) groups is 5. The van der Waals surface area contributed by atoms with Crippen molar-refractivity contribution in [1.82, 2.24) is 15.1 Å². The minimum absolute atomic E-state index is 0.0283. The molecule has 0 aliphatic carbocycles. The van der Waals surface area contributed by atoms with Gasteiger partial charge in [0, 0.05) is 45.3 Å². The summed E-state index contributed by atoms with van der Waals surface area (Å²) in [6, 6.07) is 4.00. The highest BCUT2D eigenvalue weighted by atomic mass is 16.6. The number of ether oxygens (including phenoxy) is 1. The topological polar surface area (TPSA) is 116 Å². The minimum Gasteiger partial charge on any atom is -0.444 e. The van der Waals surface area contributed by atoms with Crippen LogP contribution in [0.5, 0.6) is 0 Å². The summed E-state index contributed by atoms with van der Waals surface area (Å²) in [5.74, 6) is -1.35. The van der Waals surface area contributed by atoms with E-state index in [-0.39, 0.29) is 36.0 Å². The van der Waals surface area contributed by atoms with Crippen LogP contribution in [-0.2, 0) is 14.3 Å². The van der Waals surface area contributed by atoms with Crippen LogP contribution in [-0.4, -0.2) is 84.8 Å². The van der Waals surface area contributed by atoms with Crippen LogP contribution in [0.4, 0.5) is 10.5 Å². The van der Waals surface area contributed by atoms with Gasteiger partial charge in [-0.2, -0.15) is 0 Å². The van der Waals surface area contributed by atoms with Gasteiger partial charge in [0.2, 0.25) is 5.91 Å². The van der Waals surface area contributed by atoms with Crippen LogP contribution in [0.1, 0.15) is 54.3 Å². The number of rotatable bonds is 6. The summed E-state index contributed by atoms with van der Waals surface area (Å²) in [7, 11) is 1.48. The van der Waals surface area contributed by atoms with Gasteiger partial charge in [-0.05, 0) is 45.4 Å². The molecule has 0 radical (unpaired) electrons. The fourth-order valence-corrected chi connectivity index (χ4v) is 3.88. The van der Waals surface area contributed by atoms with E-state index in [9.17, 15) is 24.0 Å². The molecule has 0 aromatic heterocycles. The molecule has 1 saturated heterocycles. The van der Waals surface area contributed by atoms with E-state index in [1.54, 1.807) is 23.1 Å². The van der Waals surface area contributed by atoms with Gasteiger partial charge >= 0.3 is 6.09 Å². The molecule has 1 N–H and O–H groups in total. The number of anilines is 1. The van der Waals surface area contributed by atoms with E-state index in [1.165, 1.54) is 7.05 Å². The first-order chi connectivity index (χ1) is 15.6. The summed E-state index contributed by atoms with van der Waals surface area (Å²) in [6.45, 7) is 7.50. The summed E-state index contributed by atoms with van der Waals surface area (Å²) in [5.41, 5.74) is 0.669. The third-order valence-corrected chi connectivity index (χ3v) is 5.63. The number of aldehydes is 1. The standard InChI is InChI=1S/C23H30N4O6/c1-23(2,3)33-22(32)26-11-9-25(10-12-26)15-5-7-17-18(13-15)21(31)27(20(17)30)16(14-28)6-8-19(29)24-4/h5,7,13-14,16H,6,8-12H2,1-4H3,(H,24,29). The second-order valence-electron chi connectivity index (χ2n) is 9.08. The van der Waals surface area contributed by atoms with Crippen LogP contribution in [0.2, 0.25) is 0 Å². The lowest BCUT2D eigenvalue weighted by Crippen LogP contribution is -2.50. The van der Waals surface area contributed by atoms with Gasteiger partial charge in [0.05, 0.1) is 17.2 Å². The number of hydrogen-bond donors (Lipinski definition) is 1. The summed E-state index contributed by atoms with van der Waals surface area (Å²) in [4.78, 5) is 65.8. The third-order valence-electron chi connectivity index (χ3n) is 5.63. The molecule has 2 heterocycles. The number of imide groups is 1. The zero-order valence-corrected chi connectivity index (χ0v) is 19.4. The van der Waals surface area contributed by atoms with Crippen LogP contribution >= 0.6 is 0 Å². The molecule has 0 spiro atoms. The van der Waals surface area contributed by atoms with Gasteiger partial charge in [0.25, 0.3) is 11.8 Å². The van der Waals surface area contributed by atoms with Gasteiger partial charge in [-0.1, -0.05) is 0 Å². The van der Waals surface area contributed by atoms with Crippen molar-refractivity contribution in [1.29, 1.82) is 0 Å². The molecule has 2 aliphatic heterocycles. The van der Waals surface area contributed by atoms with Gasteiger partial charge in [0.15, 0.2) is 0 Å². The Morgan fingerprint density at radius 3 is 2.30 bits per heavy atom. The SMILES string of the molecule is CNC(=O)CCC(C=O)N1C(=O)c2ccc(N3CCN(C(=O)OC(C)(C)C)CC3)cc2C1=O. The fourth-order valence-electron chi connectivity index (χ4n) is 3.88. The van der Waals surface area contributed by atoms with Crippen molar-refractivity contribution in [3.63, 3.8) is 0 Å². The number of piperazine rings is 1. The number of nitrogens with zero attached hydrogens (tertiary/aromatic N) is 3. The first kappa shape index (κ1) is 24.2. The number of carbonyl (C=O) groups excluding carboxylic acids is 5. The Morgan fingerprint density at radius 2 is 1.73 bits per heavy atom. The normalized spacial score (nSPS) is 17.0. The second-order valence-corrected chi connectivity index (χ2v) is 9.08. The highest BCUT2D eigenvalue weighted by Crippen LogP contribution is 2.30. The van der Waals surface area contributed by atoms with E-state index in [2.05, 4.69) is 5.32 Å². The maximum Gasteiger partial charge on any atom is 0.410 e. The van der Waals surface area contributed by atoms with Crippen molar-refractivity contribution in [3.8, 4) is 0 Å². The van der Waals surface area contributed by atoms with Crippen LogP contribution in [0.25, 0.3) is 0 Å². The van der Waals surface area contributed by atoms with E-state index in [4.69, 9.17) is 4.74 Å². The van der Waals surface area contributed by atoms with Crippen molar-refractivity contribution in [3.05, 3.63) is 29.3 Å². The predicted molar refractivity (Wildman–Crippen MR) is 120 cm³/mol. The van der Waals surface area contributed by atoms with Gasteiger partial charge in [-0.25, -0.2) is 4.79 Å². The molecule has 178 valence electrons. The molecule has 3 rings (SSSR count). The molecular formula is C23H30N4O6. The lowest BCUT2D eigenvalue weighted by Gasteiger charge is -2.36. The molecule has 0 saturated carbocycles. The Kier molecular flexibility index (Phi) is 7.04. The molecule has 1 aromatic carbocycles. The van der Waals surface area contributed by atoms with Crippen molar-refractivity contribution in [2.45, 2.75) is 45.3 Å². The summed E-state index contributed by atoms with van der Waals surface area (Å²) in [6.07, 6.45) is 0.264. The molecule has 1 aromatic rings. The maximum atomic E-state index is 13.0. The number of nitrogens with one attached hydrogen (secondary N) is 1. The van der Waals surface area contributed by atoms with E-state index >= 15 is 0 Å². The molecule has 10 nitrogen and oxygen atoms in total. The average molecular weight is 459 g/mol. The van der Waals surface area contributed by atoms with Crippen molar-refractivity contribution in [2.24, 2.45) is 0 Å². The number of fused-ring (bicyclic) bond motifs is 1. The smallest absolute Gasteiger partial charge is 0.410 e. The van der Waals surface area contributed by atoms with E-state index in [0.717, 1.165) is 10.6 Å². The van der Waals surface area contributed by atoms with E-state index in [1.807, 2.05) is 25.7 Å². The monoisotopic (exact) mass is 458 g/mol.